The first kappa shape index (κ1) is 27.1. The molecule has 0 N–H and O–H groups in total. The third-order valence-electron chi connectivity index (χ3n) is 13.0. The van der Waals surface area contributed by atoms with Crippen molar-refractivity contribution in [1.82, 2.24) is 0 Å². The summed E-state index contributed by atoms with van der Waals surface area (Å²) in [7, 11) is 0. The highest BCUT2D eigenvalue weighted by molar-refractivity contribution is 5.36. The van der Waals surface area contributed by atoms with Crippen molar-refractivity contribution in [2.45, 2.75) is 131 Å². The molecule has 5 unspecified atom stereocenters. The zero-order valence-electron chi connectivity index (χ0n) is 25.5. The van der Waals surface area contributed by atoms with Crippen LogP contribution in [0.2, 0.25) is 0 Å². The van der Waals surface area contributed by atoms with Crippen LogP contribution in [0.3, 0.4) is 0 Å². The van der Waals surface area contributed by atoms with Gasteiger partial charge in [-0.1, -0.05) is 89.8 Å². The van der Waals surface area contributed by atoms with Crippen LogP contribution in [-0.4, -0.2) is 12.2 Å². The van der Waals surface area contributed by atoms with E-state index in [9.17, 15) is 0 Å². The SMILES string of the molecule is Cc1ccc2c(c1)CC(O[C@@H]1CC[C@]3(C)C(C=C[C@H]4C3CC[C@]3(C)C4CCC3[C@H](C)CCCC(C)C)C1)C2. The minimum atomic E-state index is 0.398. The van der Waals surface area contributed by atoms with Crippen LogP contribution >= 0.6 is 0 Å². The second-order valence-electron chi connectivity index (χ2n) is 15.7. The summed E-state index contributed by atoms with van der Waals surface area (Å²) in [6.07, 6.45) is 22.6. The normalized spacial score (nSPS) is 42.4. The van der Waals surface area contributed by atoms with E-state index in [1.165, 1.54) is 80.9 Å². The molecule has 210 valence electrons. The predicted octanol–water partition coefficient (Wildman–Crippen LogP) is 9.74. The molecule has 1 nitrogen and oxygen atoms in total. The van der Waals surface area contributed by atoms with E-state index in [2.05, 4.69) is 71.9 Å². The lowest BCUT2D eigenvalue weighted by atomic mass is 9.46. The van der Waals surface area contributed by atoms with Crippen LogP contribution in [0, 0.1) is 59.2 Å². The van der Waals surface area contributed by atoms with Gasteiger partial charge in [-0.3, -0.25) is 0 Å². The molecule has 1 heteroatoms. The molecule has 0 aliphatic heterocycles. The third kappa shape index (κ3) is 4.76. The fourth-order valence-electron chi connectivity index (χ4n) is 10.8. The second-order valence-corrected chi connectivity index (χ2v) is 15.7. The quantitative estimate of drug-likeness (QED) is 0.328. The van der Waals surface area contributed by atoms with Crippen molar-refractivity contribution >= 4 is 0 Å². The van der Waals surface area contributed by atoms with Crippen LogP contribution in [0.5, 0.6) is 0 Å². The second kappa shape index (κ2) is 10.4. The summed E-state index contributed by atoms with van der Waals surface area (Å²) < 4.78 is 6.84. The van der Waals surface area contributed by atoms with Crippen molar-refractivity contribution in [2.75, 3.05) is 0 Å². The summed E-state index contributed by atoms with van der Waals surface area (Å²) in [5.74, 6) is 6.05. The molecule has 1 aromatic carbocycles. The fraction of sp³-hybridized carbons (Fsp3) is 0.784. The van der Waals surface area contributed by atoms with Crippen LogP contribution in [0.1, 0.15) is 116 Å². The summed E-state index contributed by atoms with van der Waals surface area (Å²) in [5, 5.41) is 0. The first-order valence-electron chi connectivity index (χ1n) is 16.6. The number of hydrogen-bond donors (Lipinski definition) is 0. The van der Waals surface area contributed by atoms with Crippen LogP contribution < -0.4 is 0 Å². The van der Waals surface area contributed by atoms with Crippen LogP contribution in [0.25, 0.3) is 0 Å². The molecule has 0 spiro atoms. The van der Waals surface area contributed by atoms with E-state index < -0.39 is 0 Å². The first-order chi connectivity index (χ1) is 18.2. The maximum atomic E-state index is 6.84. The van der Waals surface area contributed by atoms with E-state index in [0.29, 0.717) is 29.0 Å². The van der Waals surface area contributed by atoms with Gasteiger partial charge in [0.2, 0.25) is 0 Å². The molecule has 38 heavy (non-hydrogen) atoms. The van der Waals surface area contributed by atoms with Crippen molar-refractivity contribution < 1.29 is 4.74 Å². The molecule has 0 radical (unpaired) electrons. The number of fused-ring (bicyclic) bond motifs is 6. The average molecular weight is 517 g/mol. The topological polar surface area (TPSA) is 9.23 Å². The van der Waals surface area contributed by atoms with Gasteiger partial charge < -0.3 is 4.74 Å². The Morgan fingerprint density at radius 2 is 1.61 bits per heavy atom. The minimum Gasteiger partial charge on any atom is -0.374 e. The standard InChI is InChI=1S/C37H56O/c1-24(2)8-7-9-26(4)33-14-15-34-32-13-12-29-23-30(16-18-36(29,5)35(32)17-19-37(33,34)6)38-31-21-27-11-10-25(3)20-28(27)22-31/h10-13,20,24,26,29-35H,7-9,14-19,21-23H2,1-6H3/t26-,29?,30-,31?,32-,33?,34?,35?,36-,37+/m1/s1. The molecule has 0 aromatic heterocycles. The zero-order chi connectivity index (χ0) is 26.7. The maximum absolute atomic E-state index is 6.84. The van der Waals surface area contributed by atoms with E-state index in [-0.39, 0.29) is 0 Å². The summed E-state index contributed by atoms with van der Waals surface area (Å²) in [5.41, 5.74) is 5.50. The molecule has 6 rings (SSSR count). The Balaban J connectivity index is 1.10. The molecule has 1 aromatic rings. The lowest BCUT2D eigenvalue weighted by Gasteiger charge is -2.59. The highest BCUT2D eigenvalue weighted by atomic mass is 16.5. The van der Waals surface area contributed by atoms with Gasteiger partial charge in [0.1, 0.15) is 0 Å². The Morgan fingerprint density at radius 1 is 0.842 bits per heavy atom. The molecular formula is C37H56O. The number of ether oxygens (including phenoxy) is 1. The van der Waals surface area contributed by atoms with Gasteiger partial charge >= 0.3 is 0 Å². The Bertz CT molecular complexity index is 1020. The Hall–Kier alpha value is -1.08. The number of rotatable bonds is 7. The number of benzene rings is 1. The molecule has 0 bridgehead atoms. The van der Waals surface area contributed by atoms with Crippen molar-refractivity contribution in [3.8, 4) is 0 Å². The number of aryl methyl sites for hydroxylation is 1. The van der Waals surface area contributed by atoms with E-state index in [1.807, 2.05) is 0 Å². The minimum absolute atomic E-state index is 0.398. The first-order valence-corrected chi connectivity index (χ1v) is 16.6. The monoisotopic (exact) mass is 516 g/mol. The highest BCUT2D eigenvalue weighted by Crippen LogP contribution is 2.67. The fourth-order valence-corrected chi connectivity index (χ4v) is 10.8. The van der Waals surface area contributed by atoms with Crippen LogP contribution in [0.15, 0.2) is 30.4 Å². The third-order valence-corrected chi connectivity index (χ3v) is 13.0. The molecular weight excluding hydrogens is 460 g/mol. The van der Waals surface area contributed by atoms with Gasteiger partial charge in [-0.25, -0.2) is 0 Å². The number of hydrogen-bond acceptors (Lipinski definition) is 1. The van der Waals surface area contributed by atoms with Gasteiger partial charge in [0.05, 0.1) is 12.2 Å². The molecule has 5 aliphatic rings. The Labute approximate surface area is 234 Å². The largest absolute Gasteiger partial charge is 0.374 e. The lowest BCUT2D eigenvalue weighted by Crippen LogP contribution is -2.52. The molecule has 3 fully saturated rings. The summed E-state index contributed by atoms with van der Waals surface area (Å²) >= 11 is 0. The predicted molar refractivity (Wildman–Crippen MR) is 160 cm³/mol. The lowest BCUT2D eigenvalue weighted by molar-refractivity contribution is -0.105. The maximum Gasteiger partial charge on any atom is 0.0659 e. The summed E-state index contributed by atoms with van der Waals surface area (Å²) in [6, 6.07) is 7.00. The van der Waals surface area contributed by atoms with E-state index >= 15 is 0 Å². The molecule has 0 heterocycles. The van der Waals surface area contributed by atoms with Gasteiger partial charge in [-0.15, -0.1) is 0 Å². The van der Waals surface area contributed by atoms with Gasteiger partial charge in [0, 0.05) is 0 Å². The molecule has 3 saturated carbocycles. The molecule has 5 aliphatic carbocycles. The van der Waals surface area contributed by atoms with Crippen molar-refractivity contribution in [1.29, 1.82) is 0 Å². The molecule has 0 saturated heterocycles. The van der Waals surface area contributed by atoms with Gasteiger partial charge in [-0.05, 0) is 128 Å². The Morgan fingerprint density at radius 3 is 2.42 bits per heavy atom. The van der Waals surface area contributed by atoms with Crippen LogP contribution in [-0.2, 0) is 17.6 Å². The van der Waals surface area contributed by atoms with E-state index in [0.717, 1.165) is 48.3 Å². The highest BCUT2D eigenvalue weighted by Gasteiger charge is 2.59. The average Bonchev–Trinajstić information content (AvgIpc) is 3.43. The summed E-state index contributed by atoms with van der Waals surface area (Å²) in [6.45, 7) is 15.0. The zero-order valence-corrected chi connectivity index (χ0v) is 25.5. The number of allylic oxidation sites excluding steroid dienone is 2. The Kier molecular flexibility index (Phi) is 7.41. The van der Waals surface area contributed by atoms with Gasteiger partial charge in [0.15, 0.2) is 0 Å². The van der Waals surface area contributed by atoms with E-state index in [1.54, 1.807) is 0 Å². The van der Waals surface area contributed by atoms with Crippen molar-refractivity contribution in [3.05, 3.63) is 47.0 Å². The van der Waals surface area contributed by atoms with Crippen molar-refractivity contribution in [3.63, 3.8) is 0 Å². The van der Waals surface area contributed by atoms with Crippen molar-refractivity contribution in [2.24, 2.45) is 52.3 Å². The van der Waals surface area contributed by atoms with Gasteiger partial charge in [0.25, 0.3) is 0 Å². The molecule has 0 amide bonds. The van der Waals surface area contributed by atoms with Gasteiger partial charge in [-0.2, -0.15) is 0 Å². The summed E-state index contributed by atoms with van der Waals surface area (Å²) in [4.78, 5) is 0. The van der Waals surface area contributed by atoms with E-state index in [4.69, 9.17) is 4.74 Å². The van der Waals surface area contributed by atoms with Crippen LogP contribution in [0.4, 0.5) is 0 Å². The molecule has 10 atom stereocenters. The smallest absolute Gasteiger partial charge is 0.0659 e.